The molecule has 5 rings (SSSR count). The Morgan fingerprint density at radius 1 is 1.02 bits per heavy atom. The van der Waals surface area contributed by atoms with Crippen molar-refractivity contribution in [3.8, 4) is 28.6 Å². The monoisotopic (exact) mass is 625 g/mol. The van der Waals surface area contributed by atoms with Crippen LogP contribution < -0.4 is 19.8 Å². The van der Waals surface area contributed by atoms with Crippen LogP contribution in [0.15, 0.2) is 82.7 Å². The molecule has 0 amide bonds. The smallest absolute Gasteiger partial charge is 0.335 e. The zero-order chi connectivity index (χ0) is 32.2. The lowest BCUT2D eigenvalue weighted by molar-refractivity contribution is 0.0696. The van der Waals surface area contributed by atoms with Crippen molar-refractivity contribution in [2.75, 3.05) is 14.2 Å². The maximum atomic E-state index is 13.8. The number of halogens is 1. The van der Waals surface area contributed by atoms with Gasteiger partial charge in [0.25, 0.3) is 5.56 Å². The van der Waals surface area contributed by atoms with Crippen LogP contribution in [0.2, 0.25) is 5.02 Å². The van der Waals surface area contributed by atoms with Gasteiger partial charge in [-0.3, -0.25) is 4.79 Å². The number of methoxy groups -OCH3 is 2. The van der Waals surface area contributed by atoms with Crippen LogP contribution in [0.5, 0.6) is 17.2 Å². The molecule has 0 unspecified atom stereocenters. The topological polar surface area (TPSA) is 112 Å². The molecule has 1 aromatic heterocycles. The van der Waals surface area contributed by atoms with Crippen molar-refractivity contribution in [1.82, 2.24) is 9.66 Å². The predicted molar refractivity (Wildman–Crippen MR) is 176 cm³/mol. The first-order valence-corrected chi connectivity index (χ1v) is 14.6. The second-order valence-electron chi connectivity index (χ2n) is 10.7. The second-order valence-corrected chi connectivity index (χ2v) is 11.1. The highest BCUT2D eigenvalue weighted by molar-refractivity contribution is 6.32. The maximum Gasteiger partial charge on any atom is 0.335 e. The van der Waals surface area contributed by atoms with Gasteiger partial charge in [-0.1, -0.05) is 49.7 Å². The zero-order valence-electron chi connectivity index (χ0n) is 25.5. The third kappa shape index (κ3) is 6.53. The fourth-order valence-corrected chi connectivity index (χ4v) is 5.27. The fourth-order valence-electron chi connectivity index (χ4n) is 5.00. The average Bonchev–Trinajstić information content (AvgIpc) is 3.03. The summed E-state index contributed by atoms with van der Waals surface area (Å²) in [5.74, 6) is 0.927. The third-order valence-corrected chi connectivity index (χ3v) is 7.61. The van der Waals surface area contributed by atoms with Gasteiger partial charge >= 0.3 is 5.97 Å². The Balaban J connectivity index is 1.56. The van der Waals surface area contributed by atoms with Crippen LogP contribution in [-0.2, 0) is 6.61 Å². The van der Waals surface area contributed by atoms with Gasteiger partial charge in [0.1, 0.15) is 12.4 Å². The Morgan fingerprint density at radius 3 is 2.49 bits per heavy atom. The summed E-state index contributed by atoms with van der Waals surface area (Å²) in [5.41, 5.74) is 4.22. The summed E-state index contributed by atoms with van der Waals surface area (Å²) < 4.78 is 18.4. The van der Waals surface area contributed by atoms with Crippen LogP contribution in [0.1, 0.15) is 52.4 Å². The lowest BCUT2D eigenvalue weighted by atomic mass is 9.96. The number of aromatic carboxylic acids is 1. The van der Waals surface area contributed by atoms with Crippen LogP contribution in [-0.4, -0.2) is 41.2 Å². The van der Waals surface area contributed by atoms with E-state index in [1.54, 1.807) is 49.6 Å². The van der Waals surface area contributed by atoms with Crippen molar-refractivity contribution in [2.24, 2.45) is 5.10 Å². The number of fused-ring (bicyclic) bond motifs is 1. The van der Waals surface area contributed by atoms with Crippen molar-refractivity contribution in [1.29, 1.82) is 0 Å². The quantitative estimate of drug-likeness (QED) is 0.162. The van der Waals surface area contributed by atoms with Crippen molar-refractivity contribution < 1.29 is 24.1 Å². The summed E-state index contributed by atoms with van der Waals surface area (Å²) in [6, 6.07) is 20.9. The SMILES string of the molecule is COc1cc(C)c(-c2nc3ccccc3c(=O)n2N=Cc2cc(Cl)c(OCc3cccc(C(=O)O)c3)c(OC)c2)cc1C(C)C. The highest BCUT2D eigenvalue weighted by atomic mass is 35.5. The molecule has 0 radical (unpaired) electrons. The first-order chi connectivity index (χ1) is 21.6. The molecule has 9 nitrogen and oxygen atoms in total. The summed E-state index contributed by atoms with van der Waals surface area (Å²) in [7, 11) is 3.13. The number of carbonyl (C=O) groups is 1. The van der Waals surface area contributed by atoms with Crippen LogP contribution in [0.4, 0.5) is 0 Å². The van der Waals surface area contributed by atoms with Crippen molar-refractivity contribution in [3.05, 3.63) is 116 Å². The molecule has 0 saturated heterocycles. The van der Waals surface area contributed by atoms with Crippen molar-refractivity contribution >= 4 is 34.7 Å². The summed E-state index contributed by atoms with van der Waals surface area (Å²) in [5, 5.41) is 14.6. The highest BCUT2D eigenvalue weighted by Gasteiger charge is 2.19. The van der Waals surface area contributed by atoms with Gasteiger partial charge in [0.2, 0.25) is 0 Å². The number of rotatable bonds is 10. The van der Waals surface area contributed by atoms with Gasteiger partial charge in [-0.2, -0.15) is 9.78 Å². The van der Waals surface area contributed by atoms with Crippen LogP contribution in [0.3, 0.4) is 0 Å². The number of aromatic nitrogens is 2. The highest BCUT2D eigenvalue weighted by Crippen LogP contribution is 2.37. The van der Waals surface area contributed by atoms with Crippen LogP contribution in [0.25, 0.3) is 22.3 Å². The molecular formula is C35H32ClN3O6. The van der Waals surface area contributed by atoms with E-state index in [-0.39, 0.29) is 34.4 Å². The van der Waals surface area contributed by atoms with Gasteiger partial charge in [0, 0.05) is 5.56 Å². The molecule has 1 heterocycles. The minimum Gasteiger partial charge on any atom is -0.496 e. The molecular weight excluding hydrogens is 594 g/mol. The Bertz CT molecular complexity index is 2000. The molecule has 0 aliphatic rings. The summed E-state index contributed by atoms with van der Waals surface area (Å²) in [6.07, 6.45) is 1.51. The Kier molecular flexibility index (Phi) is 9.20. The number of benzene rings is 4. The van der Waals surface area contributed by atoms with E-state index in [0.717, 1.165) is 22.4 Å². The molecule has 0 spiro atoms. The van der Waals surface area contributed by atoms with Gasteiger partial charge in [-0.15, -0.1) is 0 Å². The van der Waals surface area contributed by atoms with Crippen molar-refractivity contribution in [3.63, 3.8) is 0 Å². The van der Waals surface area contributed by atoms with Crippen LogP contribution >= 0.6 is 11.6 Å². The van der Waals surface area contributed by atoms with E-state index in [2.05, 4.69) is 18.9 Å². The molecule has 0 saturated carbocycles. The molecule has 10 heteroatoms. The summed E-state index contributed by atoms with van der Waals surface area (Å²) in [4.78, 5) is 30.0. The van der Waals surface area contributed by atoms with E-state index in [9.17, 15) is 14.7 Å². The Labute approximate surface area is 265 Å². The number of ether oxygens (including phenoxy) is 3. The number of aryl methyl sites for hydroxylation is 1. The predicted octanol–water partition coefficient (Wildman–Crippen LogP) is 7.33. The molecule has 0 bridgehead atoms. The molecule has 0 atom stereocenters. The van der Waals surface area contributed by atoms with E-state index in [1.807, 2.05) is 25.1 Å². The first-order valence-electron chi connectivity index (χ1n) is 14.2. The largest absolute Gasteiger partial charge is 0.496 e. The Morgan fingerprint density at radius 2 is 1.78 bits per heavy atom. The van der Waals surface area contributed by atoms with Crippen LogP contribution in [0, 0.1) is 6.92 Å². The molecule has 0 aliphatic carbocycles. The zero-order valence-corrected chi connectivity index (χ0v) is 26.3. The lowest BCUT2D eigenvalue weighted by Crippen LogP contribution is -2.20. The number of nitrogens with zero attached hydrogens (tertiary/aromatic N) is 3. The summed E-state index contributed by atoms with van der Waals surface area (Å²) >= 11 is 6.62. The standard InChI is InChI=1S/C35H32ClN3O6/c1-20(2)26-17-27(21(3)13-30(26)43-4)33-38-29-12-7-6-11-25(29)34(40)39(33)37-18-23-15-28(36)32(31(16-23)44-5)45-19-22-9-8-10-24(14-22)35(41)42/h6-18,20H,19H2,1-5H3,(H,41,42). The Hall–Kier alpha value is -5.15. The molecule has 5 aromatic rings. The van der Waals surface area contributed by atoms with Gasteiger partial charge < -0.3 is 19.3 Å². The van der Waals surface area contributed by atoms with Gasteiger partial charge in [0.05, 0.1) is 41.9 Å². The molecule has 45 heavy (non-hydrogen) atoms. The average molecular weight is 626 g/mol. The lowest BCUT2D eigenvalue weighted by Gasteiger charge is -2.17. The number of para-hydroxylation sites is 1. The minimum absolute atomic E-state index is 0.0751. The summed E-state index contributed by atoms with van der Waals surface area (Å²) in [6.45, 7) is 6.17. The second kappa shape index (κ2) is 13.2. The molecule has 230 valence electrons. The number of carboxylic acids is 1. The number of carboxylic acid groups (broad SMARTS) is 1. The van der Waals surface area contributed by atoms with Gasteiger partial charge in [-0.25, -0.2) is 9.78 Å². The molecule has 0 aliphatic heterocycles. The minimum atomic E-state index is -1.03. The normalized spacial score (nSPS) is 11.4. The molecule has 4 aromatic carbocycles. The van der Waals surface area contributed by atoms with Gasteiger partial charge in [0.15, 0.2) is 17.3 Å². The molecule has 0 fully saturated rings. The number of hydrogen-bond acceptors (Lipinski definition) is 7. The van der Waals surface area contributed by atoms with E-state index in [4.69, 9.17) is 30.8 Å². The van der Waals surface area contributed by atoms with E-state index >= 15 is 0 Å². The van der Waals surface area contributed by atoms with E-state index < -0.39 is 5.97 Å². The fraction of sp³-hybridized carbons (Fsp3) is 0.200. The first kappa shape index (κ1) is 31.3. The van der Waals surface area contributed by atoms with Crippen molar-refractivity contribution in [2.45, 2.75) is 33.3 Å². The van der Waals surface area contributed by atoms with E-state index in [0.29, 0.717) is 33.6 Å². The number of hydrogen-bond donors (Lipinski definition) is 1. The van der Waals surface area contributed by atoms with Gasteiger partial charge in [-0.05, 0) is 83.6 Å². The van der Waals surface area contributed by atoms with E-state index in [1.165, 1.54) is 30.1 Å². The molecule has 1 N–H and O–H groups in total. The third-order valence-electron chi connectivity index (χ3n) is 7.32. The maximum absolute atomic E-state index is 13.8.